The van der Waals surface area contributed by atoms with E-state index in [1.165, 1.54) is 0 Å². The normalized spacial score (nSPS) is 12.6. The minimum atomic E-state index is -0.0694. The summed E-state index contributed by atoms with van der Waals surface area (Å²) in [5.74, 6) is 1.12. The molecular weight excluding hydrogens is 238 g/mol. The van der Waals surface area contributed by atoms with Crippen molar-refractivity contribution in [1.29, 1.82) is 0 Å². The average molecular weight is 252 g/mol. The van der Waals surface area contributed by atoms with Crippen LogP contribution in [0.3, 0.4) is 0 Å². The van der Waals surface area contributed by atoms with Crippen LogP contribution in [0.15, 0.2) is 28.7 Å². The standard InChI is InChI=1S/C12H14ClN3O/c1-2-11-15-16-12(17-11)10(7-14)8-3-5-9(13)6-4-8/h3-6,10H,2,7,14H2,1H3. The van der Waals surface area contributed by atoms with E-state index in [0.29, 0.717) is 23.3 Å². The van der Waals surface area contributed by atoms with Crippen molar-refractivity contribution in [2.75, 3.05) is 6.54 Å². The average Bonchev–Trinajstić information content (AvgIpc) is 2.81. The Hall–Kier alpha value is -1.39. The second-order valence-corrected chi connectivity index (χ2v) is 4.16. The molecule has 0 radical (unpaired) electrons. The predicted octanol–water partition coefficient (Wildman–Crippen LogP) is 2.38. The number of nitrogens with two attached hydrogens (primary N) is 1. The van der Waals surface area contributed by atoms with Crippen LogP contribution in [0.5, 0.6) is 0 Å². The smallest absolute Gasteiger partial charge is 0.225 e. The minimum Gasteiger partial charge on any atom is -0.425 e. The van der Waals surface area contributed by atoms with Gasteiger partial charge in [-0.15, -0.1) is 10.2 Å². The summed E-state index contributed by atoms with van der Waals surface area (Å²) in [5, 5.41) is 8.67. The summed E-state index contributed by atoms with van der Waals surface area (Å²) in [7, 11) is 0. The quantitative estimate of drug-likeness (QED) is 0.906. The number of hydrogen-bond donors (Lipinski definition) is 1. The van der Waals surface area contributed by atoms with E-state index in [1.807, 2.05) is 31.2 Å². The lowest BCUT2D eigenvalue weighted by Crippen LogP contribution is -2.14. The highest BCUT2D eigenvalue weighted by Crippen LogP contribution is 2.24. The van der Waals surface area contributed by atoms with Crippen molar-refractivity contribution in [3.63, 3.8) is 0 Å². The monoisotopic (exact) mass is 251 g/mol. The van der Waals surface area contributed by atoms with Gasteiger partial charge in [0.2, 0.25) is 11.8 Å². The number of rotatable bonds is 4. The van der Waals surface area contributed by atoms with Gasteiger partial charge in [-0.2, -0.15) is 0 Å². The van der Waals surface area contributed by atoms with E-state index in [2.05, 4.69) is 10.2 Å². The van der Waals surface area contributed by atoms with Crippen LogP contribution in [0.4, 0.5) is 0 Å². The van der Waals surface area contributed by atoms with Gasteiger partial charge in [0.25, 0.3) is 0 Å². The molecule has 0 spiro atoms. The molecule has 0 amide bonds. The summed E-state index contributed by atoms with van der Waals surface area (Å²) in [6.07, 6.45) is 0.727. The number of halogens is 1. The van der Waals surface area contributed by atoms with Gasteiger partial charge in [0.05, 0.1) is 5.92 Å². The third-order valence-electron chi connectivity index (χ3n) is 2.59. The lowest BCUT2D eigenvalue weighted by molar-refractivity contribution is 0.437. The Morgan fingerprint density at radius 3 is 2.53 bits per heavy atom. The fourth-order valence-corrected chi connectivity index (χ4v) is 1.75. The zero-order chi connectivity index (χ0) is 12.3. The molecule has 0 saturated carbocycles. The summed E-state index contributed by atoms with van der Waals surface area (Å²) >= 11 is 5.85. The van der Waals surface area contributed by atoms with E-state index in [0.717, 1.165) is 12.0 Å². The first-order valence-corrected chi connectivity index (χ1v) is 5.90. The summed E-state index contributed by atoms with van der Waals surface area (Å²) in [4.78, 5) is 0. The van der Waals surface area contributed by atoms with E-state index >= 15 is 0 Å². The second-order valence-electron chi connectivity index (χ2n) is 3.73. The van der Waals surface area contributed by atoms with Gasteiger partial charge in [-0.1, -0.05) is 30.7 Å². The molecule has 1 aromatic heterocycles. The maximum Gasteiger partial charge on any atom is 0.225 e. The summed E-state index contributed by atoms with van der Waals surface area (Å²) in [6, 6.07) is 7.51. The van der Waals surface area contributed by atoms with Crippen molar-refractivity contribution in [2.24, 2.45) is 5.73 Å². The van der Waals surface area contributed by atoms with E-state index < -0.39 is 0 Å². The van der Waals surface area contributed by atoms with Crippen molar-refractivity contribution >= 4 is 11.6 Å². The van der Waals surface area contributed by atoms with E-state index in [-0.39, 0.29) is 5.92 Å². The lowest BCUT2D eigenvalue weighted by Gasteiger charge is -2.10. The van der Waals surface area contributed by atoms with Crippen molar-refractivity contribution in [3.8, 4) is 0 Å². The van der Waals surface area contributed by atoms with Crippen molar-refractivity contribution in [3.05, 3.63) is 46.6 Å². The molecule has 2 rings (SSSR count). The molecule has 1 unspecified atom stereocenters. The van der Waals surface area contributed by atoms with Crippen LogP contribution in [0.1, 0.15) is 30.2 Å². The van der Waals surface area contributed by atoms with Crippen LogP contribution in [-0.2, 0) is 6.42 Å². The number of aromatic nitrogens is 2. The van der Waals surface area contributed by atoms with Gasteiger partial charge < -0.3 is 10.2 Å². The molecule has 2 N–H and O–H groups in total. The summed E-state index contributed by atoms with van der Waals surface area (Å²) < 4.78 is 5.54. The van der Waals surface area contributed by atoms with Crippen LogP contribution in [0.25, 0.3) is 0 Å². The molecule has 1 aromatic carbocycles. The highest BCUT2D eigenvalue weighted by Gasteiger charge is 2.18. The maximum atomic E-state index is 5.85. The Morgan fingerprint density at radius 2 is 2.00 bits per heavy atom. The molecule has 17 heavy (non-hydrogen) atoms. The number of benzene rings is 1. The van der Waals surface area contributed by atoms with Crippen LogP contribution in [0, 0.1) is 0 Å². The first kappa shape index (κ1) is 12.1. The SMILES string of the molecule is CCc1nnc(C(CN)c2ccc(Cl)cc2)o1. The number of hydrogen-bond acceptors (Lipinski definition) is 4. The van der Waals surface area contributed by atoms with Gasteiger partial charge in [-0.25, -0.2) is 0 Å². The number of aryl methyl sites for hydroxylation is 1. The Morgan fingerprint density at radius 1 is 1.29 bits per heavy atom. The minimum absolute atomic E-state index is 0.0694. The van der Waals surface area contributed by atoms with Crippen LogP contribution in [-0.4, -0.2) is 16.7 Å². The fourth-order valence-electron chi connectivity index (χ4n) is 1.62. The molecule has 0 aliphatic heterocycles. The summed E-state index contributed by atoms with van der Waals surface area (Å²) in [5.41, 5.74) is 6.80. The molecule has 0 aliphatic carbocycles. The molecule has 0 bridgehead atoms. The van der Waals surface area contributed by atoms with E-state index in [9.17, 15) is 0 Å². The van der Waals surface area contributed by atoms with Gasteiger partial charge in [-0.3, -0.25) is 0 Å². The molecule has 0 fully saturated rings. The Bertz CT molecular complexity index is 481. The fraction of sp³-hybridized carbons (Fsp3) is 0.333. The largest absolute Gasteiger partial charge is 0.425 e. The van der Waals surface area contributed by atoms with Crippen molar-refractivity contribution in [1.82, 2.24) is 10.2 Å². The summed E-state index contributed by atoms with van der Waals surface area (Å²) in [6.45, 7) is 2.39. The molecule has 0 aliphatic rings. The molecule has 5 heteroatoms. The molecule has 2 aromatic rings. The topological polar surface area (TPSA) is 64.9 Å². The molecule has 1 atom stereocenters. The van der Waals surface area contributed by atoms with Crippen LogP contribution >= 0.6 is 11.6 Å². The first-order valence-electron chi connectivity index (χ1n) is 5.52. The van der Waals surface area contributed by atoms with Crippen molar-refractivity contribution in [2.45, 2.75) is 19.3 Å². The Labute approximate surface area is 105 Å². The molecule has 90 valence electrons. The Balaban J connectivity index is 2.29. The van der Waals surface area contributed by atoms with E-state index in [1.54, 1.807) is 0 Å². The number of nitrogens with zero attached hydrogens (tertiary/aromatic N) is 2. The zero-order valence-electron chi connectivity index (χ0n) is 9.56. The first-order chi connectivity index (χ1) is 8.24. The molecule has 1 heterocycles. The zero-order valence-corrected chi connectivity index (χ0v) is 10.3. The third kappa shape index (κ3) is 2.65. The second kappa shape index (κ2) is 5.29. The molecular formula is C12H14ClN3O. The predicted molar refractivity (Wildman–Crippen MR) is 66.0 cm³/mol. The van der Waals surface area contributed by atoms with Gasteiger partial charge in [0.1, 0.15) is 0 Å². The van der Waals surface area contributed by atoms with E-state index in [4.69, 9.17) is 21.8 Å². The van der Waals surface area contributed by atoms with Crippen LogP contribution < -0.4 is 5.73 Å². The molecule has 0 saturated heterocycles. The van der Waals surface area contributed by atoms with Crippen LogP contribution in [0.2, 0.25) is 5.02 Å². The highest BCUT2D eigenvalue weighted by molar-refractivity contribution is 6.30. The van der Waals surface area contributed by atoms with Gasteiger partial charge >= 0.3 is 0 Å². The third-order valence-corrected chi connectivity index (χ3v) is 2.84. The maximum absolute atomic E-state index is 5.85. The van der Waals surface area contributed by atoms with Gasteiger partial charge in [0.15, 0.2) is 0 Å². The highest BCUT2D eigenvalue weighted by atomic mass is 35.5. The van der Waals surface area contributed by atoms with Gasteiger partial charge in [0, 0.05) is 18.0 Å². The Kier molecular flexibility index (Phi) is 3.76. The molecule has 4 nitrogen and oxygen atoms in total. The lowest BCUT2D eigenvalue weighted by atomic mass is 9.99. The van der Waals surface area contributed by atoms with Gasteiger partial charge in [-0.05, 0) is 17.7 Å². The van der Waals surface area contributed by atoms with Crippen molar-refractivity contribution < 1.29 is 4.42 Å².